The van der Waals surface area contributed by atoms with Crippen LogP contribution in [0.15, 0.2) is 48.8 Å². The summed E-state index contributed by atoms with van der Waals surface area (Å²) in [5.74, 6) is 1.26. The summed E-state index contributed by atoms with van der Waals surface area (Å²) >= 11 is 6.18. The molecule has 0 aliphatic heterocycles. The topological polar surface area (TPSA) is 52.5 Å². The molecule has 2 N–H and O–H groups in total. The molecule has 96 valence electrons. The number of benzene rings is 1. The maximum absolute atomic E-state index is 6.18. The summed E-state index contributed by atoms with van der Waals surface area (Å²) < 4.78 is 7.68. The third-order valence-electron chi connectivity index (χ3n) is 2.84. The molecule has 0 aliphatic rings. The van der Waals surface area contributed by atoms with Gasteiger partial charge in [0.1, 0.15) is 11.4 Å². The van der Waals surface area contributed by atoms with Gasteiger partial charge in [-0.05, 0) is 29.8 Å². The van der Waals surface area contributed by atoms with E-state index < -0.39 is 0 Å². The Bertz CT molecular complexity index is 724. The number of halogens is 1. The van der Waals surface area contributed by atoms with E-state index >= 15 is 0 Å². The summed E-state index contributed by atoms with van der Waals surface area (Å²) in [6.07, 6.45) is 3.56. The number of fused-ring (bicyclic) bond motifs is 1. The van der Waals surface area contributed by atoms with E-state index in [2.05, 4.69) is 4.98 Å². The number of nitrogens with zero attached hydrogens (tertiary/aromatic N) is 2. The number of aromatic nitrogens is 2. The van der Waals surface area contributed by atoms with Gasteiger partial charge in [0, 0.05) is 18.9 Å². The zero-order chi connectivity index (χ0) is 13.2. The van der Waals surface area contributed by atoms with Crippen molar-refractivity contribution in [3.05, 3.63) is 59.4 Å². The number of hydrogen-bond acceptors (Lipinski definition) is 3. The van der Waals surface area contributed by atoms with E-state index in [4.69, 9.17) is 22.1 Å². The molecule has 0 amide bonds. The van der Waals surface area contributed by atoms with Gasteiger partial charge < -0.3 is 10.5 Å². The Hall–Kier alpha value is -2.04. The molecule has 0 saturated heterocycles. The standard InChI is InChI=1S/C14H12ClN3O/c15-11-8-10(9-16)4-5-12(11)19-14-3-1-2-13-17-6-7-18(13)14/h1-8H,9,16H2. The molecule has 2 heterocycles. The number of hydrogen-bond donors (Lipinski definition) is 1. The molecule has 3 rings (SSSR count). The average Bonchev–Trinajstić information content (AvgIpc) is 2.90. The minimum Gasteiger partial charge on any atom is -0.439 e. The van der Waals surface area contributed by atoms with Crippen molar-refractivity contribution in [3.8, 4) is 11.6 Å². The summed E-state index contributed by atoms with van der Waals surface area (Å²) in [7, 11) is 0. The van der Waals surface area contributed by atoms with Crippen LogP contribution in [0.2, 0.25) is 5.02 Å². The van der Waals surface area contributed by atoms with Crippen LogP contribution in [-0.4, -0.2) is 9.38 Å². The van der Waals surface area contributed by atoms with Gasteiger partial charge in [0.25, 0.3) is 0 Å². The maximum atomic E-state index is 6.18. The SMILES string of the molecule is NCc1ccc(Oc2cccc3nccn23)c(Cl)c1. The van der Waals surface area contributed by atoms with Crippen LogP contribution in [-0.2, 0) is 6.54 Å². The van der Waals surface area contributed by atoms with Crippen LogP contribution in [0, 0.1) is 0 Å². The molecule has 0 saturated carbocycles. The van der Waals surface area contributed by atoms with Gasteiger partial charge in [-0.2, -0.15) is 0 Å². The average molecular weight is 274 g/mol. The van der Waals surface area contributed by atoms with E-state index in [0.29, 0.717) is 23.2 Å². The predicted molar refractivity (Wildman–Crippen MR) is 74.6 cm³/mol. The maximum Gasteiger partial charge on any atom is 0.205 e. The highest BCUT2D eigenvalue weighted by Crippen LogP contribution is 2.30. The van der Waals surface area contributed by atoms with Crippen LogP contribution in [0.5, 0.6) is 11.6 Å². The van der Waals surface area contributed by atoms with E-state index in [1.54, 1.807) is 6.20 Å². The number of nitrogens with two attached hydrogens (primary N) is 1. The second-order valence-electron chi connectivity index (χ2n) is 4.09. The van der Waals surface area contributed by atoms with Gasteiger partial charge in [0.2, 0.25) is 5.88 Å². The van der Waals surface area contributed by atoms with E-state index in [1.807, 2.05) is 47.0 Å². The Morgan fingerprint density at radius 1 is 1.26 bits per heavy atom. The molecular weight excluding hydrogens is 262 g/mol. The van der Waals surface area contributed by atoms with Crippen molar-refractivity contribution in [1.29, 1.82) is 0 Å². The third kappa shape index (κ3) is 2.28. The van der Waals surface area contributed by atoms with Crippen molar-refractivity contribution in [3.63, 3.8) is 0 Å². The number of ether oxygens (including phenoxy) is 1. The number of rotatable bonds is 3. The summed E-state index contributed by atoms with van der Waals surface area (Å²) in [6, 6.07) is 11.2. The molecule has 0 bridgehead atoms. The molecule has 19 heavy (non-hydrogen) atoms. The van der Waals surface area contributed by atoms with Crippen molar-refractivity contribution < 1.29 is 4.74 Å². The Kier molecular flexibility index (Phi) is 3.11. The highest BCUT2D eigenvalue weighted by atomic mass is 35.5. The molecule has 0 fully saturated rings. The normalized spacial score (nSPS) is 10.8. The Morgan fingerprint density at radius 3 is 2.95 bits per heavy atom. The first-order valence-corrected chi connectivity index (χ1v) is 6.24. The molecule has 0 aliphatic carbocycles. The summed E-state index contributed by atoms with van der Waals surface area (Å²) in [5, 5.41) is 0.542. The lowest BCUT2D eigenvalue weighted by Gasteiger charge is -2.10. The van der Waals surface area contributed by atoms with Crippen molar-refractivity contribution in [2.75, 3.05) is 0 Å². The lowest BCUT2D eigenvalue weighted by Crippen LogP contribution is -1.97. The number of pyridine rings is 1. The minimum atomic E-state index is 0.455. The van der Waals surface area contributed by atoms with E-state index in [1.165, 1.54) is 0 Å². The summed E-state index contributed by atoms with van der Waals surface area (Å²) in [6.45, 7) is 0.455. The second kappa shape index (κ2) is 4.91. The fourth-order valence-corrected chi connectivity index (χ4v) is 2.11. The highest BCUT2D eigenvalue weighted by molar-refractivity contribution is 6.32. The van der Waals surface area contributed by atoms with Crippen LogP contribution in [0.25, 0.3) is 5.65 Å². The van der Waals surface area contributed by atoms with Crippen molar-refractivity contribution in [2.45, 2.75) is 6.54 Å². The molecule has 4 nitrogen and oxygen atoms in total. The van der Waals surface area contributed by atoms with Gasteiger partial charge in [-0.1, -0.05) is 23.7 Å². The van der Waals surface area contributed by atoms with Crippen molar-refractivity contribution in [2.24, 2.45) is 5.73 Å². The van der Waals surface area contributed by atoms with E-state index in [9.17, 15) is 0 Å². The smallest absolute Gasteiger partial charge is 0.205 e. The first-order valence-electron chi connectivity index (χ1n) is 5.86. The molecule has 0 unspecified atom stereocenters. The largest absolute Gasteiger partial charge is 0.439 e. The van der Waals surface area contributed by atoms with Gasteiger partial charge in [-0.15, -0.1) is 0 Å². The fourth-order valence-electron chi connectivity index (χ4n) is 1.87. The van der Waals surface area contributed by atoms with E-state index in [-0.39, 0.29) is 0 Å². The van der Waals surface area contributed by atoms with Crippen molar-refractivity contribution in [1.82, 2.24) is 9.38 Å². The van der Waals surface area contributed by atoms with Gasteiger partial charge in [0.05, 0.1) is 5.02 Å². The van der Waals surface area contributed by atoms with Gasteiger partial charge >= 0.3 is 0 Å². The molecule has 0 spiro atoms. The van der Waals surface area contributed by atoms with Crippen molar-refractivity contribution >= 4 is 17.2 Å². The van der Waals surface area contributed by atoms with Gasteiger partial charge in [-0.3, -0.25) is 4.40 Å². The molecule has 3 aromatic rings. The first kappa shape index (κ1) is 12.0. The lowest BCUT2D eigenvalue weighted by molar-refractivity contribution is 0.456. The predicted octanol–water partition coefficient (Wildman–Crippen LogP) is 3.24. The molecule has 2 aromatic heterocycles. The Balaban J connectivity index is 1.99. The molecule has 0 atom stereocenters. The van der Waals surface area contributed by atoms with Gasteiger partial charge in [0.15, 0.2) is 0 Å². The van der Waals surface area contributed by atoms with Gasteiger partial charge in [-0.25, -0.2) is 4.98 Å². The van der Waals surface area contributed by atoms with Crippen LogP contribution < -0.4 is 10.5 Å². The van der Waals surface area contributed by atoms with Crippen LogP contribution in [0.3, 0.4) is 0 Å². The molecule has 1 aromatic carbocycles. The summed E-state index contributed by atoms with van der Waals surface area (Å²) in [5.41, 5.74) is 7.37. The minimum absolute atomic E-state index is 0.455. The Labute approximate surface area is 115 Å². The van der Waals surface area contributed by atoms with Crippen LogP contribution >= 0.6 is 11.6 Å². The highest BCUT2D eigenvalue weighted by Gasteiger charge is 2.07. The third-order valence-corrected chi connectivity index (χ3v) is 3.13. The molecule has 5 heteroatoms. The Morgan fingerprint density at radius 2 is 2.16 bits per heavy atom. The monoisotopic (exact) mass is 273 g/mol. The number of imidazole rings is 1. The fraction of sp³-hybridized carbons (Fsp3) is 0.0714. The second-order valence-corrected chi connectivity index (χ2v) is 4.50. The lowest BCUT2D eigenvalue weighted by atomic mass is 10.2. The van der Waals surface area contributed by atoms with Crippen LogP contribution in [0.1, 0.15) is 5.56 Å². The zero-order valence-corrected chi connectivity index (χ0v) is 10.8. The summed E-state index contributed by atoms with van der Waals surface area (Å²) in [4.78, 5) is 4.20. The first-order chi connectivity index (χ1) is 9.28. The van der Waals surface area contributed by atoms with E-state index in [0.717, 1.165) is 11.2 Å². The quantitative estimate of drug-likeness (QED) is 0.797. The zero-order valence-electron chi connectivity index (χ0n) is 10.1. The molecule has 0 radical (unpaired) electrons. The molecular formula is C14H12ClN3O. The van der Waals surface area contributed by atoms with Crippen LogP contribution in [0.4, 0.5) is 0 Å².